The molecule has 3 fully saturated rings. The van der Waals surface area contributed by atoms with Crippen molar-refractivity contribution in [2.75, 3.05) is 40.5 Å². The number of nitrogens with zero attached hydrogens (tertiary/aromatic N) is 2. The van der Waals surface area contributed by atoms with Gasteiger partial charge in [0.25, 0.3) is 5.91 Å². The number of carbonyl (C=O) groups is 1. The maximum absolute atomic E-state index is 13.3. The number of hydrogen-bond donors (Lipinski definition) is 1. The third-order valence-electron chi connectivity index (χ3n) is 6.73. The summed E-state index contributed by atoms with van der Waals surface area (Å²) in [4.78, 5) is 17.9. The predicted octanol–water partition coefficient (Wildman–Crippen LogP) is 2.01. The number of para-hydroxylation sites is 1. The summed E-state index contributed by atoms with van der Waals surface area (Å²) < 4.78 is 10.8. The standard InChI is InChI=1S/C21H30N2O4/c1-26-19-8-5-6-16(20(19)27-2)21(25)22-11-14-10-15(12-22)18(13-24)23-9-4-3-7-17(14)23/h5-6,8,14-15,17-18,24H,3-4,7,9-13H2,1-2H3/t14-,15+,17+,18+/m1/s1. The lowest BCUT2D eigenvalue weighted by atomic mass is 9.72. The Morgan fingerprint density at radius 1 is 1.19 bits per heavy atom. The number of rotatable bonds is 4. The van der Waals surface area contributed by atoms with Gasteiger partial charge in [-0.3, -0.25) is 9.69 Å². The van der Waals surface area contributed by atoms with Gasteiger partial charge in [-0.2, -0.15) is 0 Å². The van der Waals surface area contributed by atoms with Crippen LogP contribution < -0.4 is 9.47 Å². The zero-order valence-corrected chi connectivity index (χ0v) is 16.3. The third-order valence-corrected chi connectivity index (χ3v) is 6.73. The molecular formula is C21H30N2O4. The van der Waals surface area contributed by atoms with Crippen molar-refractivity contribution in [1.29, 1.82) is 0 Å². The van der Waals surface area contributed by atoms with Gasteiger partial charge < -0.3 is 19.5 Å². The van der Waals surface area contributed by atoms with E-state index < -0.39 is 0 Å². The first-order chi connectivity index (χ1) is 13.2. The van der Waals surface area contributed by atoms with E-state index in [1.165, 1.54) is 19.3 Å². The molecule has 0 spiro atoms. The summed E-state index contributed by atoms with van der Waals surface area (Å²) in [5.41, 5.74) is 0.554. The van der Waals surface area contributed by atoms with Crippen LogP contribution in [-0.4, -0.2) is 73.4 Å². The van der Waals surface area contributed by atoms with E-state index >= 15 is 0 Å². The molecule has 1 aromatic carbocycles. The fraction of sp³-hybridized carbons (Fsp3) is 0.667. The summed E-state index contributed by atoms with van der Waals surface area (Å²) in [7, 11) is 3.15. The Hall–Kier alpha value is -1.79. The Bertz CT molecular complexity index is 681. The van der Waals surface area contributed by atoms with Crippen molar-refractivity contribution in [1.82, 2.24) is 9.80 Å². The van der Waals surface area contributed by atoms with Crippen LogP contribution in [0.15, 0.2) is 18.2 Å². The van der Waals surface area contributed by atoms with E-state index in [-0.39, 0.29) is 18.6 Å². The molecule has 0 radical (unpaired) electrons. The lowest BCUT2D eigenvalue weighted by Crippen LogP contribution is -2.65. The zero-order chi connectivity index (χ0) is 19.0. The summed E-state index contributed by atoms with van der Waals surface area (Å²) in [6.45, 7) is 2.75. The number of methoxy groups -OCH3 is 2. The number of fused-ring (bicyclic) bond motifs is 4. The smallest absolute Gasteiger partial charge is 0.257 e. The summed E-state index contributed by atoms with van der Waals surface area (Å²) in [5, 5.41) is 10.1. The van der Waals surface area contributed by atoms with Gasteiger partial charge in [0.1, 0.15) is 0 Å². The molecular weight excluding hydrogens is 344 g/mol. The molecule has 148 valence electrons. The van der Waals surface area contributed by atoms with Gasteiger partial charge in [0.05, 0.1) is 26.4 Å². The largest absolute Gasteiger partial charge is 0.493 e. The fourth-order valence-corrected chi connectivity index (χ4v) is 5.55. The van der Waals surface area contributed by atoms with Crippen molar-refractivity contribution >= 4 is 5.91 Å². The van der Waals surface area contributed by atoms with Crippen LogP contribution in [0, 0.1) is 11.8 Å². The monoisotopic (exact) mass is 374 g/mol. The number of piperidine rings is 3. The van der Waals surface area contributed by atoms with Crippen LogP contribution in [0.2, 0.25) is 0 Å². The van der Waals surface area contributed by atoms with Crippen LogP contribution in [0.25, 0.3) is 0 Å². The van der Waals surface area contributed by atoms with Gasteiger partial charge in [0.15, 0.2) is 11.5 Å². The molecule has 0 saturated carbocycles. The minimum Gasteiger partial charge on any atom is -0.493 e. The number of benzene rings is 1. The molecule has 1 amide bonds. The summed E-state index contributed by atoms with van der Waals surface area (Å²) >= 11 is 0. The number of carbonyl (C=O) groups excluding carboxylic acids is 1. The average molecular weight is 374 g/mol. The molecule has 0 aromatic heterocycles. The number of hydrogen-bond acceptors (Lipinski definition) is 5. The van der Waals surface area contributed by atoms with Crippen molar-refractivity contribution in [3.8, 4) is 11.5 Å². The van der Waals surface area contributed by atoms with E-state index in [2.05, 4.69) is 4.90 Å². The lowest BCUT2D eigenvalue weighted by Gasteiger charge is -2.56. The first-order valence-electron chi connectivity index (χ1n) is 10.0. The highest BCUT2D eigenvalue weighted by molar-refractivity contribution is 5.98. The number of aliphatic hydroxyl groups excluding tert-OH is 1. The fourth-order valence-electron chi connectivity index (χ4n) is 5.55. The van der Waals surface area contributed by atoms with Gasteiger partial charge in [0.2, 0.25) is 0 Å². The molecule has 0 unspecified atom stereocenters. The molecule has 3 saturated heterocycles. The zero-order valence-electron chi connectivity index (χ0n) is 16.3. The van der Waals surface area contributed by atoms with Gasteiger partial charge in [-0.1, -0.05) is 12.5 Å². The maximum Gasteiger partial charge on any atom is 0.257 e. The van der Waals surface area contributed by atoms with Crippen LogP contribution >= 0.6 is 0 Å². The van der Waals surface area contributed by atoms with Crippen molar-refractivity contribution in [2.24, 2.45) is 11.8 Å². The third kappa shape index (κ3) is 3.19. The second-order valence-corrected chi connectivity index (χ2v) is 8.06. The molecule has 3 heterocycles. The molecule has 0 aliphatic carbocycles. The molecule has 1 aromatic rings. The second-order valence-electron chi connectivity index (χ2n) is 8.06. The van der Waals surface area contributed by atoms with Gasteiger partial charge in [-0.15, -0.1) is 0 Å². The molecule has 1 N–H and O–H groups in total. The molecule has 27 heavy (non-hydrogen) atoms. The highest BCUT2D eigenvalue weighted by atomic mass is 16.5. The Morgan fingerprint density at radius 2 is 2.00 bits per heavy atom. The van der Waals surface area contributed by atoms with Crippen LogP contribution in [0.3, 0.4) is 0 Å². The maximum atomic E-state index is 13.3. The molecule has 6 nitrogen and oxygen atoms in total. The summed E-state index contributed by atoms with van der Waals surface area (Å²) in [6.07, 6.45) is 4.76. The topological polar surface area (TPSA) is 62.2 Å². The van der Waals surface area contributed by atoms with E-state index in [9.17, 15) is 9.90 Å². The Kier molecular flexibility index (Phi) is 5.28. The van der Waals surface area contributed by atoms with Gasteiger partial charge >= 0.3 is 0 Å². The van der Waals surface area contributed by atoms with Crippen LogP contribution in [0.1, 0.15) is 36.0 Å². The lowest BCUT2D eigenvalue weighted by molar-refractivity contribution is -0.0795. The van der Waals surface area contributed by atoms with Crippen molar-refractivity contribution in [2.45, 2.75) is 37.8 Å². The summed E-state index contributed by atoms with van der Waals surface area (Å²) in [5.74, 6) is 1.91. The highest BCUT2D eigenvalue weighted by Gasteiger charge is 2.47. The minimum absolute atomic E-state index is 0.00130. The van der Waals surface area contributed by atoms with Crippen molar-refractivity contribution in [3.05, 3.63) is 23.8 Å². The van der Waals surface area contributed by atoms with Crippen LogP contribution in [0.4, 0.5) is 0 Å². The number of ether oxygens (including phenoxy) is 2. The first kappa shape index (κ1) is 18.6. The van der Waals surface area contributed by atoms with Gasteiger partial charge in [-0.25, -0.2) is 0 Å². The molecule has 2 bridgehead atoms. The van der Waals surface area contributed by atoms with E-state index in [1.807, 2.05) is 23.1 Å². The van der Waals surface area contributed by atoms with Crippen LogP contribution in [-0.2, 0) is 0 Å². The average Bonchev–Trinajstić information content (AvgIpc) is 2.72. The van der Waals surface area contributed by atoms with Crippen LogP contribution in [0.5, 0.6) is 11.5 Å². The van der Waals surface area contributed by atoms with E-state index in [1.54, 1.807) is 14.2 Å². The molecule has 4 atom stereocenters. The first-order valence-corrected chi connectivity index (χ1v) is 10.0. The number of likely N-dealkylation sites (tertiary alicyclic amines) is 1. The molecule has 3 aliphatic rings. The predicted molar refractivity (Wildman–Crippen MR) is 102 cm³/mol. The Balaban J connectivity index is 1.60. The second kappa shape index (κ2) is 7.68. The normalized spacial score (nSPS) is 30.6. The SMILES string of the molecule is COc1cccc(C(=O)N2C[C@H]3C[C@@H](C2)[C@H](CO)N2CCCC[C@@H]32)c1OC. The Labute approximate surface area is 161 Å². The molecule has 4 rings (SSSR count). The highest BCUT2D eigenvalue weighted by Crippen LogP contribution is 2.42. The molecule has 3 aliphatic heterocycles. The van der Waals surface area contributed by atoms with E-state index in [0.29, 0.717) is 41.5 Å². The molecule has 6 heteroatoms. The van der Waals surface area contributed by atoms with Crippen molar-refractivity contribution in [3.63, 3.8) is 0 Å². The van der Waals surface area contributed by atoms with E-state index in [4.69, 9.17) is 9.47 Å². The number of aliphatic hydroxyl groups is 1. The van der Waals surface area contributed by atoms with Gasteiger partial charge in [0, 0.05) is 25.2 Å². The summed E-state index contributed by atoms with van der Waals surface area (Å²) in [6, 6.07) is 6.12. The van der Waals surface area contributed by atoms with Crippen molar-refractivity contribution < 1.29 is 19.4 Å². The Morgan fingerprint density at radius 3 is 2.74 bits per heavy atom. The van der Waals surface area contributed by atoms with Gasteiger partial charge in [-0.05, 0) is 49.8 Å². The minimum atomic E-state index is 0.00130. The number of amides is 1. The van der Waals surface area contributed by atoms with E-state index in [0.717, 1.165) is 19.5 Å². The quantitative estimate of drug-likeness (QED) is 0.874.